The maximum atomic E-state index is 10.0. The van der Waals surface area contributed by atoms with E-state index in [4.69, 9.17) is 5.73 Å². The van der Waals surface area contributed by atoms with Crippen molar-refractivity contribution in [3.63, 3.8) is 0 Å². The Balaban J connectivity index is 4.28. The van der Waals surface area contributed by atoms with Gasteiger partial charge in [0, 0.05) is 0 Å². The lowest BCUT2D eigenvalue weighted by Gasteiger charge is -1.85. The molecule has 4 nitrogen and oxygen atoms in total. The van der Waals surface area contributed by atoms with Crippen molar-refractivity contribution >= 4 is 21.1 Å². The monoisotopic (exact) mass is 149 g/mol. The topological polar surface area (TPSA) is 77.2 Å². The fraction of sp³-hybridized carbons (Fsp3) is 0.500. The van der Waals surface area contributed by atoms with Crippen LogP contribution in [0.2, 0.25) is 0 Å². The van der Waals surface area contributed by atoms with Gasteiger partial charge in [0.1, 0.15) is 0 Å². The molecule has 0 fully saturated rings. The molecule has 52 valence electrons. The highest BCUT2D eigenvalue weighted by Crippen LogP contribution is 1.78. The van der Waals surface area contributed by atoms with Crippen LogP contribution in [0.3, 0.4) is 0 Å². The average Bonchev–Trinajstić information content (AvgIpc) is 1.63. The van der Waals surface area contributed by atoms with Crippen molar-refractivity contribution in [2.24, 2.45) is 5.73 Å². The predicted molar refractivity (Wildman–Crippen MR) is 33.4 cm³/mol. The number of amides is 1. The SMILES string of the molecule is CC(CC(N)=O)=S(=O)=O. The fourth-order valence-corrected chi connectivity index (χ4v) is 0.564. The van der Waals surface area contributed by atoms with E-state index in [9.17, 15) is 13.2 Å². The summed E-state index contributed by atoms with van der Waals surface area (Å²) < 4.78 is 20.0. The Morgan fingerprint density at radius 2 is 2.00 bits per heavy atom. The van der Waals surface area contributed by atoms with Crippen molar-refractivity contribution in [2.75, 3.05) is 0 Å². The van der Waals surface area contributed by atoms with E-state index in [0.717, 1.165) is 0 Å². The van der Waals surface area contributed by atoms with Crippen LogP contribution >= 0.6 is 0 Å². The van der Waals surface area contributed by atoms with Crippen molar-refractivity contribution in [2.45, 2.75) is 13.3 Å². The molecule has 9 heavy (non-hydrogen) atoms. The second-order valence-electron chi connectivity index (χ2n) is 1.58. The summed E-state index contributed by atoms with van der Waals surface area (Å²) in [4.78, 5) is 10.1. The Labute approximate surface area is 54.2 Å². The van der Waals surface area contributed by atoms with Gasteiger partial charge < -0.3 is 5.73 Å². The van der Waals surface area contributed by atoms with Crippen molar-refractivity contribution in [3.8, 4) is 0 Å². The van der Waals surface area contributed by atoms with E-state index in [1.54, 1.807) is 0 Å². The smallest absolute Gasteiger partial charge is 0.222 e. The van der Waals surface area contributed by atoms with Crippen molar-refractivity contribution < 1.29 is 13.2 Å². The van der Waals surface area contributed by atoms with E-state index >= 15 is 0 Å². The third-order valence-corrected chi connectivity index (χ3v) is 1.42. The van der Waals surface area contributed by atoms with Crippen LogP contribution in [0.15, 0.2) is 0 Å². The molecule has 1 amide bonds. The van der Waals surface area contributed by atoms with Crippen LogP contribution in [0.4, 0.5) is 0 Å². The summed E-state index contributed by atoms with van der Waals surface area (Å²) in [6, 6.07) is 0. The van der Waals surface area contributed by atoms with Crippen LogP contribution in [0.25, 0.3) is 0 Å². The number of carbonyl (C=O) groups is 1. The molecule has 0 unspecified atom stereocenters. The van der Waals surface area contributed by atoms with Crippen molar-refractivity contribution in [1.29, 1.82) is 0 Å². The van der Waals surface area contributed by atoms with E-state index in [1.807, 2.05) is 0 Å². The van der Waals surface area contributed by atoms with Gasteiger partial charge in [0.05, 0.1) is 11.3 Å². The minimum atomic E-state index is -2.27. The lowest BCUT2D eigenvalue weighted by Crippen LogP contribution is -2.14. The van der Waals surface area contributed by atoms with Gasteiger partial charge in [-0.05, 0) is 6.92 Å². The van der Waals surface area contributed by atoms with Crippen molar-refractivity contribution in [1.82, 2.24) is 0 Å². The zero-order valence-corrected chi connectivity index (χ0v) is 5.73. The first kappa shape index (κ1) is 8.16. The number of primary amides is 1. The molecular weight excluding hydrogens is 142 g/mol. The molecule has 0 aliphatic heterocycles. The lowest BCUT2D eigenvalue weighted by molar-refractivity contribution is -0.116. The molecular formula is C4H7NO3S. The average molecular weight is 149 g/mol. The highest BCUT2D eigenvalue weighted by Gasteiger charge is 1.97. The molecule has 0 saturated carbocycles. The summed E-state index contributed by atoms with van der Waals surface area (Å²) >= 11 is 0. The van der Waals surface area contributed by atoms with E-state index in [2.05, 4.69) is 0 Å². The molecule has 0 atom stereocenters. The molecule has 0 heterocycles. The number of hydrogen-bond acceptors (Lipinski definition) is 3. The van der Waals surface area contributed by atoms with Gasteiger partial charge >= 0.3 is 0 Å². The summed E-state index contributed by atoms with van der Waals surface area (Å²) in [6.07, 6.45) is -0.184. The second kappa shape index (κ2) is 3.24. The molecule has 0 saturated heterocycles. The minimum absolute atomic E-state index is 0.0718. The van der Waals surface area contributed by atoms with Gasteiger partial charge in [0.2, 0.25) is 16.2 Å². The van der Waals surface area contributed by atoms with Gasteiger partial charge in [-0.1, -0.05) is 0 Å². The van der Waals surface area contributed by atoms with Crippen LogP contribution in [-0.2, 0) is 15.1 Å². The van der Waals surface area contributed by atoms with Crippen LogP contribution in [-0.4, -0.2) is 19.2 Å². The molecule has 0 aromatic rings. The van der Waals surface area contributed by atoms with E-state index < -0.39 is 16.2 Å². The van der Waals surface area contributed by atoms with Gasteiger partial charge in [0.25, 0.3) is 0 Å². The molecule has 0 bridgehead atoms. The molecule has 0 aromatic carbocycles. The third-order valence-electron chi connectivity index (χ3n) is 0.708. The zero-order valence-electron chi connectivity index (χ0n) is 4.92. The van der Waals surface area contributed by atoms with Crippen LogP contribution < -0.4 is 5.73 Å². The molecule has 0 radical (unpaired) electrons. The first-order valence-corrected chi connectivity index (χ1v) is 3.31. The maximum Gasteiger partial charge on any atom is 0.222 e. The molecule has 5 heteroatoms. The van der Waals surface area contributed by atoms with Crippen LogP contribution in [0, 0.1) is 0 Å². The van der Waals surface area contributed by atoms with Gasteiger partial charge in [-0.25, -0.2) is 0 Å². The van der Waals surface area contributed by atoms with Gasteiger partial charge in [-0.2, -0.15) is 8.42 Å². The Bertz CT molecular complexity index is 231. The molecule has 0 aliphatic rings. The quantitative estimate of drug-likeness (QED) is 0.508. The van der Waals surface area contributed by atoms with E-state index in [0.29, 0.717) is 0 Å². The zero-order chi connectivity index (χ0) is 7.44. The Morgan fingerprint density at radius 3 is 2.11 bits per heavy atom. The number of nitrogens with two attached hydrogens (primary N) is 1. The summed E-state index contributed by atoms with van der Waals surface area (Å²) in [5, 5.41) is 0. The lowest BCUT2D eigenvalue weighted by atomic mass is 10.3. The molecule has 0 rings (SSSR count). The summed E-state index contributed by atoms with van der Waals surface area (Å²) in [6.45, 7) is 1.34. The Morgan fingerprint density at radius 1 is 1.56 bits per heavy atom. The van der Waals surface area contributed by atoms with Gasteiger partial charge in [-0.15, -0.1) is 0 Å². The first-order valence-electron chi connectivity index (χ1n) is 2.24. The highest BCUT2D eigenvalue weighted by molar-refractivity contribution is 7.73. The largest absolute Gasteiger partial charge is 0.369 e. The first-order chi connectivity index (χ1) is 4.04. The second-order valence-corrected chi connectivity index (χ2v) is 2.75. The van der Waals surface area contributed by atoms with E-state index in [1.165, 1.54) is 6.92 Å². The van der Waals surface area contributed by atoms with Gasteiger partial charge in [-0.3, -0.25) is 4.79 Å². The summed E-state index contributed by atoms with van der Waals surface area (Å²) in [7, 11) is -2.27. The molecule has 0 aromatic heterocycles. The number of carbonyl (C=O) groups excluding carboxylic acids is 1. The highest BCUT2D eigenvalue weighted by atomic mass is 32.2. The normalized spacial score (nSPS) is 8.56. The fourth-order valence-electron chi connectivity index (χ4n) is 0.304. The molecule has 0 spiro atoms. The van der Waals surface area contributed by atoms with Crippen LogP contribution in [0.1, 0.15) is 13.3 Å². The maximum absolute atomic E-state index is 10.0. The van der Waals surface area contributed by atoms with E-state index in [-0.39, 0.29) is 11.3 Å². The van der Waals surface area contributed by atoms with Crippen LogP contribution in [0.5, 0.6) is 0 Å². The molecule has 0 aliphatic carbocycles. The number of rotatable bonds is 2. The standard InChI is InChI=1S/C4H7NO3S/c1-3(9(7)8)2-4(5)6/h2H2,1H3,(H2,5,6). The van der Waals surface area contributed by atoms with Gasteiger partial charge in [0.15, 0.2) is 0 Å². The Hall–Kier alpha value is -0.840. The Kier molecular flexibility index (Phi) is 2.94. The number of hydrogen-bond donors (Lipinski definition) is 1. The molecule has 2 N–H and O–H groups in total. The minimum Gasteiger partial charge on any atom is -0.369 e. The van der Waals surface area contributed by atoms with Crippen molar-refractivity contribution in [3.05, 3.63) is 0 Å². The third kappa shape index (κ3) is 3.72. The summed E-state index contributed by atoms with van der Waals surface area (Å²) in [5.74, 6) is -0.628. The predicted octanol–water partition coefficient (Wildman–Crippen LogP) is -1.07. The summed E-state index contributed by atoms with van der Waals surface area (Å²) in [5.41, 5.74) is 4.70.